The van der Waals surface area contributed by atoms with Crippen LogP contribution in [-0.4, -0.2) is 23.0 Å². The minimum Gasteiger partial charge on any atom is -0.481 e. The Bertz CT molecular complexity index is 864. The Labute approximate surface area is 182 Å². The van der Waals surface area contributed by atoms with Gasteiger partial charge < -0.3 is 14.6 Å². The van der Waals surface area contributed by atoms with Gasteiger partial charge in [-0.15, -0.1) is 0 Å². The second-order valence-corrected chi connectivity index (χ2v) is 7.99. The second-order valence-electron chi connectivity index (χ2n) is 7.99. The summed E-state index contributed by atoms with van der Waals surface area (Å²) >= 11 is 0. The molecule has 3 atom stereocenters. The van der Waals surface area contributed by atoms with E-state index in [2.05, 4.69) is 0 Å². The van der Waals surface area contributed by atoms with E-state index in [0.29, 0.717) is 43.6 Å². The molecule has 6 nitrogen and oxygen atoms in total. The number of aliphatic carboxylic acids is 1. The molecule has 31 heavy (non-hydrogen) atoms. The summed E-state index contributed by atoms with van der Waals surface area (Å²) in [4.78, 5) is 37.3. The van der Waals surface area contributed by atoms with Gasteiger partial charge in [-0.05, 0) is 56.4 Å². The smallest absolute Gasteiger partial charge is 0.314 e. The fraction of sp³-hybridized carbons (Fsp3) is 0.400. The Morgan fingerprint density at radius 2 is 1.06 bits per heavy atom. The van der Waals surface area contributed by atoms with Crippen LogP contribution in [0.15, 0.2) is 60.7 Å². The molecule has 0 aromatic heterocycles. The third-order valence-electron chi connectivity index (χ3n) is 5.73. The zero-order valence-electron chi connectivity index (χ0n) is 17.4. The molecule has 164 valence electrons. The minimum atomic E-state index is -0.837. The van der Waals surface area contributed by atoms with E-state index in [1.54, 1.807) is 48.5 Å². The summed E-state index contributed by atoms with van der Waals surface area (Å²) in [7, 11) is 0. The van der Waals surface area contributed by atoms with Crippen molar-refractivity contribution in [2.24, 2.45) is 17.8 Å². The van der Waals surface area contributed by atoms with Crippen LogP contribution in [0.2, 0.25) is 0 Å². The summed E-state index contributed by atoms with van der Waals surface area (Å²) in [6, 6.07) is 17.6. The number of carbonyl (C=O) groups is 3. The first-order valence-electron chi connectivity index (χ1n) is 10.8. The van der Waals surface area contributed by atoms with E-state index in [1.807, 2.05) is 12.1 Å². The lowest BCUT2D eigenvalue weighted by Crippen LogP contribution is -2.30. The largest absolute Gasteiger partial charge is 0.481 e. The first-order valence-corrected chi connectivity index (χ1v) is 10.8. The summed E-state index contributed by atoms with van der Waals surface area (Å²) < 4.78 is 11.1. The van der Waals surface area contributed by atoms with Gasteiger partial charge in [-0.1, -0.05) is 49.2 Å². The first-order chi connectivity index (χ1) is 15.0. The van der Waals surface area contributed by atoms with Crippen LogP contribution in [0, 0.1) is 17.8 Å². The van der Waals surface area contributed by atoms with Gasteiger partial charge >= 0.3 is 17.9 Å². The molecule has 3 rings (SSSR count). The lowest BCUT2D eigenvalue weighted by molar-refractivity contribution is -0.146. The standard InChI is InChI=1S/C25H28O6/c26-23(27)18-9-7-8-10-19(24(28)30-21-11-3-1-4-12-21)17-20(16-15-18)25(29)31-22-13-5-2-6-14-22/h1-6,11-14,18-20H,7-10,15-17H2,(H,26,27). The monoisotopic (exact) mass is 424 g/mol. The Kier molecular flexibility index (Phi) is 8.21. The Hall–Kier alpha value is -3.15. The van der Waals surface area contributed by atoms with Crippen molar-refractivity contribution in [1.82, 2.24) is 0 Å². The second kappa shape index (κ2) is 11.3. The van der Waals surface area contributed by atoms with Gasteiger partial charge in [-0.25, -0.2) is 0 Å². The van der Waals surface area contributed by atoms with Gasteiger partial charge in [-0.3, -0.25) is 14.4 Å². The number of para-hydroxylation sites is 2. The zero-order chi connectivity index (χ0) is 22.1. The number of benzene rings is 2. The number of carboxylic acid groups (broad SMARTS) is 1. The summed E-state index contributed by atoms with van der Waals surface area (Å²) in [5.74, 6) is -2.24. The SMILES string of the molecule is O=C(O)C1CCCCC(C(=O)Oc2ccccc2)CC(C(=O)Oc2ccccc2)CC1. The lowest BCUT2D eigenvalue weighted by atomic mass is 9.82. The fourth-order valence-electron chi connectivity index (χ4n) is 3.96. The predicted molar refractivity (Wildman–Crippen MR) is 115 cm³/mol. The average molecular weight is 424 g/mol. The topological polar surface area (TPSA) is 89.9 Å². The molecule has 2 aromatic carbocycles. The van der Waals surface area contributed by atoms with Gasteiger partial charge in [0.2, 0.25) is 0 Å². The van der Waals surface area contributed by atoms with Crippen molar-refractivity contribution in [2.75, 3.05) is 0 Å². The van der Waals surface area contributed by atoms with Gasteiger partial charge in [0, 0.05) is 0 Å². The maximum absolute atomic E-state index is 12.9. The zero-order valence-corrected chi connectivity index (χ0v) is 17.4. The van der Waals surface area contributed by atoms with E-state index in [0.717, 1.165) is 6.42 Å². The fourth-order valence-corrected chi connectivity index (χ4v) is 3.96. The van der Waals surface area contributed by atoms with Crippen molar-refractivity contribution in [2.45, 2.75) is 44.9 Å². The van der Waals surface area contributed by atoms with Crippen LogP contribution >= 0.6 is 0 Å². The van der Waals surface area contributed by atoms with E-state index in [-0.39, 0.29) is 12.4 Å². The third kappa shape index (κ3) is 6.95. The third-order valence-corrected chi connectivity index (χ3v) is 5.73. The molecule has 1 fully saturated rings. The van der Waals surface area contributed by atoms with Gasteiger partial charge in [-0.2, -0.15) is 0 Å². The van der Waals surface area contributed by atoms with Gasteiger partial charge in [0.15, 0.2) is 0 Å². The van der Waals surface area contributed by atoms with Crippen molar-refractivity contribution < 1.29 is 29.0 Å². The predicted octanol–water partition coefficient (Wildman–Crippen LogP) is 4.88. The highest BCUT2D eigenvalue weighted by molar-refractivity contribution is 5.78. The Balaban J connectivity index is 1.74. The highest BCUT2D eigenvalue weighted by Crippen LogP contribution is 2.31. The molecule has 0 radical (unpaired) electrons. The average Bonchev–Trinajstić information content (AvgIpc) is 2.77. The highest BCUT2D eigenvalue weighted by atomic mass is 16.5. The molecule has 0 heterocycles. The summed E-state index contributed by atoms with van der Waals surface area (Å²) in [5.41, 5.74) is 0. The quantitative estimate of drug-likeness (QED) is 0.544. The molecule has 0 aliphatic heterocycles. The van der Waals surface area contributed by atoms with Gasteiger partial charge in [0.25, 0.3) is 0 Å². The molecule has 1 N–H and O–H groups in total. The summed E-state index contributed by atoms with van der Waals surface area (Å²) in [6.45, 7) is 0. The van der Waals surface area contributed by atoms with Crippen molar-refractivity contribution in [3.8, 4) is 11.5 Å². The van der Waals surface area contributed by atoms with Gasteiger partial charge in [0.1, 0.15) is 11.5 Å². The molecule has 3 unspecified atom stereocenters. The molecule has 0 bridgehead atoms. The van der Waals surface area contributed by atoms with Crippen LogP contribution in [0.5, 0.6) is 11.5 Å². The number of carboxylic acids is 1. The molecule has 0 amide bonds. The van der Waals surface area contributed by atoms with Crippen LogP contribution in [0.3, 0.4) is 0 Å². The summed E-state index contributed by atoms with van der Waals surface area (Å²) in [6.07, 6.45) is 3.54. The first kappa shape index (κ1) is 22.5. The summed E-state index contributed by atoms with van der Waals surface area (Å²) in [5, 5.41) is 9.49. The molecule has 2 aromatic rings. The maximum atomic E-state index is 12.9. The number of esters is 2. The molecule has 6 heteroatoms. The van der Waals surface area contributed by atoms with Crippen LogP contribution in [0.4, 0.5) is 0 Å². The molecule has 1 saturated carbocycles. The van der Waals surface area contributed by atoms with E-state index >= 15 is 0 Å². The van der Waals surface area contributed by atoms with Crippen LogP contribution in [0.25, 0.3) is 0 Å². The van der Waals surface area contributed by atoms with Crippen molar-refractivity contribution >= 4 is 17.9 Å². The molecule has 0 saturated heterocycles. The van der Waals surface area contributed by atoms with Crippen LogP contribution in [-0.2, 0) is 14.4 Å². The molecular formula is C25H28O6. The number of hydrogen-bond donors (Lipinski definition) is 1. The molecule has 0 spiro atoms. The number of carbonyl (C=O) groups excluding carboxylic acids is 2. The van der Waals surface area contributed by atoms with E-state index in [9.17, 15) is 19.5 Å². The highest BCUT2D eigenvalue weighted by Gasteiger charge is 2.32. The van der Waals surface area contributed by atoms with Gasteiger partial charge in [0.05, 0.1) is 17.8 Å². The minimum absolute atomic E-state index is 0.281. The maximum Gasteiger partial charge on any atom is 0.314 e. The number of ether oxygens (including phenoxy) is 2. The van der Waals surface area contributed by atoms with Crippen LogP contribution in [0.1, 0.15) is 44.9 Å². The Morgan fingerprint density at radius 1 is 0.645 bits per heavy atom. The van der Waals surface area contributed by atoms with E-state index in [1.165, 1.54) is 0 Å². The number of hydrogen-bond acceptors (Lipinski definition) is 5. The van der Waals surface area contributed by atoms with Crippen molar-refractivity contribution in [1.29, 1.82) is 0 Å². The van der Waals surface area contributed by atoms with Crippen molar-refractivity contribution in [3.63, 3.8) is 0 Å². The van der Waals surface area contributed by atoms with E-state index < -0.39 is 29.7 Å². The van der Waals surface area contributed by atoms with E-state index in [4.69, 9.17) is 9.47 Å². The normalized spacial score (nSPS) is 22.1. The van der Waals surface area contributed by atoms with Crippen LogP contribution < -0.4 is 9.47 Å². The molecular weight excluding hydrogens is 396 g/mol. The van der Waals surface area contributed by atoms with Crippen molar-refractivity contribution in [3.05, 3.63) is 60.7 Å². The lowest BCUT2D eigenvalue weighted by Gasteiger charge is -2.24. The molecule has 1 aliphatic carbocycles. The molecule has 1 aliphatic rings. The Morgan fingerprint density at radius 3 is 1.55 bits per heavy atom. The number of rotatable bonds is 5.